The summed E-state index contributed by atoms with van der Waals surface area (Å²) in [5.74, 6) is 0.108. The van der Waals surface area contributed by atoms with Crippen molar-refractivity contribution in [1.29, 1.82) is 0 Å². The zero-order valence-corrected chi connectivity index (χ0v) is 19.4. The maximum Gasteiger partial charge on any atom is 0.257 e. The van der Waals surface area contributed by atoms with Crippen LogP contribution in [0.15, 0.2) is 54.9 Å². The van der Waals surface area contributed by atoms with Gasteiger partial charge in [0.2, 0.25) is 0 Å². The van der Waals surface area contributed by atoms with Crippen LogP contribution in [0.1, 0.15) is 50.4 Å². The van der Waals surface area contributed by atoms with Gasteiger partial charge >= 0.3 is 0 Å². The number of aryl methyl sites for hydroxylation is 1. The molecule has 170 valence electrons. The van der Waals surface area contributed by atoms with Gasteiger partial charge in [-0.05, 0) is 67.9 Å². The molecule has 0 spiro atoms. The summed E-state index contributed by atoms with van der Waals surface area (Å²) in [6, 6.07) is 13.9. The summed E-state index contributed by atoms with van der Waals surface area (Å²) in [6.07, 6.45) is 8.31. The van der Waals surface area contributed by atoms with E-state index in [0.717, 1.165) is 50.8 Å². The summed E-state index contributed by atoms with van der Waals surface area (Å²) < 4.78 is 0. The molecule has 2 N–H and O–H groups in total. The van der Waals surface area contributed by atoms with Crippen LogP contribution in [-0.2, 0) is 12.8 Å². The summed E-state index contributed by atoms with van der Waals surface area (Å²) in [5.41, 5.74) is 3.49. The number of amides is 2. The van der Waals surface area contributed by atoms with Crippen molar-refractivity contribution in [3.63, 3.8) is 0 Å². The van der Waals surface area contributed by atoms with Gasteiger partial charge in [0, 0.05) is 42.6 Å². The molecule has 1 aromatic carbocycles. The molecule has 0 radical (unpaired) electrons. The van der Waals surface area contributed by atoms with Gasteiger partial charge in [-0.2, -0.15) is 0 Å². The molecule has 2 amide bonds. The molecular formula is C26H28N4O2S. The SMILES string of the molecule is O=C(Nc1sc2c(c1C(=O)NCC1CCN(c3ccccc3)C1)CCCC2)c1cccnc1. The van der Waals surface area contributed by atoms with E-state index in [2.05, 4.69) is 44.8 Å². The van der Waals surface area contributed by atoms with Crippen LogP contribution in [-0.4, -0.2) is 36.4 Å². The smallest absolute Gasteiger partial charge is 0.257 e. The lowest BCUT2D eigenvalue weighted by Crippen LogP contribution is -2.32. The second-order valence-electron chi connectivity index (χ2n) is 8.76. The summed E-state index contributed by atoms with van der Waals surface area (Å²) in [4.78, 5) is 33.7. The van der Waals surface area contributed by atoms with E-state index in [1.165, 1.54) is 10.6 Å². The predicted octanol–water partition coefficient (Wildman–Crippen LogP) is 4.53. The minimum absolute atomic E-state index is 0.0750. The number of carbonyl (C=O) groups excluding carboxylic acids is 2. The number of benzene rings is 1. The van der Waals surface area contributed by atoms with Gasteiger partial charge in [-0.3, -0.25) is 14.6 Å². The largest absolute Gasteiger partial charge is 0.371 e. The lowest BCUT2D eigenvalue weighted by Gasteiger charge is -2.19. The van der Waals surface area contributed by atoms with E-state index >= 15 is 0 Å². The number of rotatable bonds is 6. The number of hydrogen-bond acceptors (Lipinski definition) is 5. The lowest BCUT2D eigenvalue weighted by atomic mass is 9.95. The lowest BCUT2D eigenvalue weighted by molar-refractivity contribution is 0.0948. The van der Waals surface area contributed by atoms with Crippen molar-refractivity contribution in [1.82, 2.24) is 10.3 Å². The summed E-state index contributed by atoms with van der Waals surface area (Å²) in [5, 5.41) is 6.83. The average molecular weight is 461 g/mol. The first-order chi connectivity index (χ1) is 16.2. The molecule has 2 aliphatic rings. The second-order valence-corrected chi connectivity index (χ2v) is 9.86. The second kappa shape index (κ2) is 9.75. The van der Waals surface area contributed by atoms with Gasteiger partial charge in [0.05, 0.1) is 11.1 Å². The number of nitrogens with one attached hydrogen (secondary N) is 2. The highest BCUT2D eigenvalue weighted by Crippen LogP contribution is 2.38. The number of anilines is 2. The zero-order valence-electron chi connectivity index (χ0n) is 18.5. The third-order valence-electron chi connectivity index (χ3n) is 6.51. The van der Waals surface area contributed by atoms with Gasteiger partial charge in [0.25, 0.3) is 11.8 Å². The van der Waals surface area contributed by atoms with Gasteiger partial charge in [-0.25, -0.2) is 0 Å². The standard InChI is InChI=1S/C26H28N4O2S/c31-24(19-7-6-13-27-16-19)29-26-23(21-10-4-5-11-22(21)33-26)25(32)28-15-18-12-14-30(17-18)20-8-2-1-3-9-20/h1-3,6-9,13,16,18H,4-5,10-12,14-15,17H2,(H,28,32)(H,29,31). The summed E-state index contributed by atoms with van der Waals surface area (Å²) in [7, 11) is 0. The Balaban J connectivity index is 1.28. The topological polar surface area (TPSA) is 74.3 Å². The van der Waals surface area contributed by atoms with Crippen molar-refractivity contribution in [3.05, 3.63) is 76.4 Å². The van der Waals surface area contributed by atoms with E-state index in [1.54, 1.807) is 35.9 Å². The number of para-hydroxylation sites is 1. The Bertz CT molecular complexity index is 1130. The number of thiophene rings is 1. The third-order valence-corrected chi connectivity index (χ3v) is 7.71. The molecule has 3 aromatic rings. The third kappa shape index (κ3) is 4.78. The molecule has 3 heterocycles. The van der Waals surface area contributed by atoms with Crippen LogP contribution in [0.4, 0.5) is 10.7 Å². The molecule has 1 aliphatic heterocycles. The van der Waals surface area contributed by atoms with Crippen LogP contribution in [0.5, 0.6) is 0 Å². The van der Waals surface area contributed by atoms with E-state index in [-0.39, 0.29) is 11.8 Å². The number of hydrogen-bond donors (Lipinski definition) is 2. The van der Waals surface area contributed by atoms with Crippen LogP contribution in [0.25, 0.3) is 0 Å². The number of fused-ring (bicyclic) bond motifs is 1. The van der Waals surface area contributed by atoms with E-state index < -0.39 is 0 Å². The first kappa shape index (κ1) is 21.6. The molecule has 1 fully saturated rings. The first-order valence-electron chi connectivity index (χ1n) is 11.6. The van der Waals surface area contributed by atoms with E-state index in [4.69, 9.17) is 0 Å². The molecule has 2 aromatic heterocycles. The highest BCUT2D eigenvalue weighted by molar-refractivity contribution is 7.17. The van der Waals surface area contributed by atoms with Gasteiger partial charge in [-0.1, -0.05) is 18.2 Å². The summed E-state index contributed by atoms with van der Waals surface area (Å²) in [6.45, 7) is 2.59. The maximum atomic E-state index is 13.3. The molecule has 1 atom stereocenters. The van der Waals surface area contributed by atoms with Crippen LogP contribution in [0, 0.1) is 5.92 Å². The van der Waals surface area contributed by atoms with E-state index in [0.29, 0.717) is 28.6 Å². The molecule has 6 nitrogen and oxygen atoms in total. The fourth-order valence-corrected chi connectivity index (χ4v) is 6.05. The van der Waals surface area contributed by atoms with Crippen LogP contribution in [0.3, 0.4) is 0 Å². The number of carbonyl (C=O) groups is 2. The first-order valence-corrected chi connectivity index (χ1v) is 12.4. The summed E-state index contributed by atoms with van der Waals surface area (Å²) >= 11 is 1.55. The van der Waals surface area contributed by atoms with Crippen LogP contribution >= 0.6 is 11.3 Å². The molecule has 33 heavy (non-hydrogen) atoms. The Labute approximate surface area is 198 Å². The molecule has 0 saturated carbocycles. The number of aromatic nitrogens is 1. The molecule has 5 rings (SSSR count). The molecular weight excluding hydrogens is 432 g/mol. The number of nitrogens with zero attached hydrogens (tertiary/aromatic N) is 2. The van der Waals surface area contributed by atoms with Crippen molar-refractivity contribution in [2.75, 3.05) is 29.9 Å². The van der Waals surface area contributed by atoms with E-state index in [1.807, 2.05) is 6.07 Å². The van der Waals surface area contributed by atoms with Crippen LogP contribution in [0.2, 0.25) is 0 Å². The Morgan fingerprint density at radius 2 is 1.91 bits per heavy atom. The highest BCUT2D eigenvalue weighted by atomic mass is 32.1. The van der Waals surface area contributed by atoms with Crippen molar-refractivity contribution in [2.45, 2.75) is 32.1 Å². The van der Waals surface area contributed by atoms with Gasteiger partial charge < -0.3 is 15.5 Å². The Morgan fingerprint density at radius 1 is 1.06 bits per heavy atom. The van der Waals surface area contributed by atoms with Crippen molar-refractivity contribution in [3.8, 4) is 0 Å². The minimum Gasteiger partial charge on any atom is -0.371 e. The van der Waals surface area contributed by atoms with Gasteiger partial charge in [-0.15, -0.1) is 11.3 Å². The number of pyridine rings is 1. The maximum absolute atomic E-state index is 13.3. The quantitative estimate of drug-likeness (QED) is 0.567. The molecule has 1 saturated heterocycles. The van der Waals surface area contributed by atoms with E-state index in [9.17, 15) is 9.59 Å². The van der Waals surface area contributed by atoms with Crippen molar-refractivity contribution < 1.29 is 9.59 Å². The average Bonchev–Trinajstić information content (AvgIpc) is 3.48. The monoisotopic (exact) mass is 460 g/mol. The Kier molecular flexibility index (Phi) is 6.39. The van der Waals surface area contributed by atoms with Crippen LogP contribution < -0.4 is 15.5 Å². The zero-order chi connectivity index (χ0) is 22.6. The van der Waals surface area contributed by atoms with Crippen molar-refractivity contribution in [2.24, 2.45) is 5.92 Å². The molecule has 1 aliphatic carbocycles. The molecule has 0 bridgehead atoms. The molecule has 7 heteroatoms. The van der Waals surface area contributed by atoms with Gasteiger partial charge in [0.1, 0.15) is 5.00 Å². The predicted molar refractivity (Wildman–Crippen MR) is 132 cm³/mol. The van der Waals surface area contributed by atoms with Gasteiger partial charge in [0.15, 0.2) is 0 Å². The molecule has 1 unspecified atom stereocenters. The Hall–Kier alpha value is -3.19. The Morgan fingerprint density at radius 3 is 2.73 bits per heavy atom. The fraction of sp³-hybridized carbons (Fsp3) is 0.346. The highest BCUT2D eigenvalue weighted by Gasteiger charge is 2.28. The van der Waals surface area contributed by atoms with Crippen molar-refractivity contribution >= 4 is 33.8 Å². The fourth-order valence-electron chi connectivity index (χ4n) is 4.76. The minimum atomic E-state index is -0.231. The normalized spacial score (nSPS) is 17.5.